The Kier molecular flexibility index (Phi) is 6.29. The van der Waals surface area contributed by atoms with Crippen LogP contribution in [0.4, 0.5) is 4.79 Å². The Labute approximate surface area is 114 Å². The summed E-state index contributed by atoms with van der Waals surface area (Å²) < 4.78 is 10.5. The van der Waals surface area contributed by atoms with E-state index in [1.165, 1.54) is 7.11 Å². The van der Waals surface area contributed by atoms with Gasteiger partial charge in [-0.15, -0.1) is 0 Å². The Hall–Kier alpha value is -1.30. The lowest BCUT2D eigenvalue weighted by Gasteiger charge is -2.35. The van der Waals surface area contributed by atoms with Crippen LogP contribution in [0.2, 0.25) is 0 Å². The topological polar surface area (TPSA) is 84.9 Å². The maximum atomic E-state index is 11.7. The molecule has 19 heavy (non-hydrogen) atoms. The van der Waals surface area contributed by atoms with Gasteiger partial charge in [0.2, 0.25) is 0 Å². The maximum absolute atomic E-state index is 11.7. The van der Waals surface area contributed by atoms with Crippen molar-refractivity contribution in [3.8, 4) is 0 Å². The molecule has 0 spiro atoms. The van der Waals surface area contributed by atoms with Crippen LogP contribution in [0.5, 0.6) is 0 Å². The molecule has 112 valence electrons. The van der Waals surface area contributed by atoms with Crippen LogP contribution in [0.1, 0.15) is 47.5 Å². The van der Waals surface area contributed by atoms with Crippen molar-refractivity contribution in [2.45, 2.75) is 64.7 Å². The summed E-state index contributed by atoms with van der Waals surface area (Å²) in [6.07, 6.45) is -0.301. The quantitative estimate of drug-likeness (QED) is 0.776. The van der Waals surface area contributed by atoms with Crippen molar-refractivity contribution in [3.05, 3.63) is 0 Å². The van der Waals surface area contributed by atoms with Gasteiger partial charge in [0.15, 0.2) is 0 Å². The summed E-state index contributed by atoms with van der Waals surface area (Å²) in [6, 6.07) is -0.658. The van der Waals surface area contributed by atoms with Crippen molar-refractivity contribution < 1.29 is 24.2 Å². The monoisotopic (exact) mass is 275 g/mol. The third-order valence-corrected chi connectivity index (χ3v) is 2.98. The van der Waals surface area contributed by atoms with E-state index in [0.29, 0.717) is 6.42 Å². The summed E-state index contributed by atoms with van der Waals surface area (Å²) in [7, 11) is 1.50. The van der Waals surface area contributed by atoms with Gasteiger partial charge in [-0.25, -0.2) is 4.79 Å². The molecule has 0 aliphatic carbocycles. The van der Waals surface area contributed by atoms with Gasteiger partial charge in [-0.2, -0.15) is 0 Å². The number of amides is 1. The minimum atomic E-state index is -1.00. The average molecular weight is 275 g/mol. The molecular weight excluding hydrogens is 250 g/mol. The zero-order chi connectivity index (χ0) is 15.3. The third kappa shape index (κ3) is 6.42. The number of carbonyl (C=O) groups is 2. The number of methoxy groups -OCH3 is 1. The number of nitrogens with one attached hydrogen (secondary N) is 1. The Morgan fingerprint density at radius 2 is 1.79 bits per heavy atom. The molecule has 0 saturated heterocycles. The van der Waals surface area contributed by atoms with E-state index in [1.54, 1.807) is 27.7 Å². The van der Waals surface area contributed by atoms with Crippen LogP contribution in [0.25, 0.3) is 0 Å². The molecule has 0 fully saturated rings. The van der Waals surface area contributed by atoms with Gasteiger partial charge in [0.25, 0.3) is 0 Å². The molecule has 0 aromatic rings. The summed E-state index contributed by atoms with van der Waals surface area (Å²) >= 11 is 0. The van der Waals surface area contributed by atoms with E-state index in [2.05, 4.69) is 5.32 Å². The van der Waals surface area contributed by atoms with Gasteiger partial charge in [0.1, 0.15) is 5.60 Å². The van der Waals surface area contributed by atoms with E-state index in [-0.39, 0.29) is 6.42 Å². The van der Waals surface area contributed by atoms with E-state index in [1.807, 2.05) is 6.92 Å². The first-order valence-electron chi connectivity index (χ1n) is 6.30. The van der Waals surface area contributed by atoms with Crippen LogP contribution in [-0.4, -0.2) is 41.5 Å². The van der Waals surface area contributed by atoms with Gasteiger partial charge >= 0.3 is 12.1 Å². The van der Waals surface area contributed by atoms with Gasteiger partial charge in [-0.1, -0.05) is 6.92 Å². The zero-order valence-corrected chi connectivity index (χ0v) is 12.6. The summed E-state index contributed by atoms with van der Waals surface area (Å²) in [6.45, 7) is 8.86. The highest BCUT2D eigenvalue weighted by atomic mass is 16.6. The number of ether oxygens (including phenoxy) is 2. The molecular formula is C13H25NO5. The normalized spacial score (nSPS) is 16.3. The van der Waals surface area contributed by atoms with Crippen molar-refractivity contribution in [2.75, 3.05) is 7.11 Å². The standard InChI is InChI=1S/C13H25NO5/c1-7-13(5,18-6)9(8-10(15)16)14-11(17)19-12(2,3)4/h9H,7-8H2,1-6H3,(H,14,17)(H,15,16). The van der Waals surface area contributed by atoms with Crippen molar-refractivity contribution in [3.63, 3.8) is 0 Å². The van der Waals surface area contributed by atoms with E-state index in [4.69, 9.17) is 14.6 Å². The molecule has 2 unspecified atom stereocenters. The van der Waals surface area contributed by atoms with Gasteiger partial charge in [-0.3, -0.25) is 4.79 Å². The highest BCUT2D eigenvalue weighted by Crippen LogP contribution is 2.22. The lowest BCUT2D eigenvalue weighted by atomic mass is 9.91. The molecule has 0 bridgehead atoms. The minimum absolute atomic E-state index is 0.225. The molecule has 0 saturated carbocycles. The van der Waals surface area contributed by atoms with Gasteiger partial charge in [0.05, 0.1) is 18.1 Å². The lowest BCUT2D eigenvalue weighted by Crippen LogP contribution is -2.53. The number of alkyl carbamates (subject to hydrolysis) is 1. The predicted octanol–water partition coefficient (Wildman–Crippen LogP) is 2.17. The Morgan fingerprint density at radius 1 is 1.26 bits per heavy atom. The van der Waals surface area contributed by atoms with Gasteiger partial charge in [0, 0.05) is 7.11 Å². The van der Waals surface area contributed by atoms with Crippen molar-refractivity contribution in [1.82, 2.24) is 5.32 Å². The Balaban J connectivity index is 4.87. The summed E-state index contributed by atoms with van der Waals surface area (Å²) in [4.78, 5) is 22.7. The smallest absolute Gasteiger partial charge is 0.407 e. The molecule has 0 aromatic carbocycles. The van der Waals surface area contributed by atoms with Crippen molar-refractivity contribution in [1.29, 1.82) is 0 Å². The fraction of sp³-hybridized carbons (Fsp3) is 0.846. The van der Waals surface area contributed by atoms with Crippen molar-refractivity contribution >= 4 is 12.1 Å². The molecule has 2 atom stereocenters. The molecule has 0 aromatic heterocycles. The first kappa shape index (κ1) is 17.7. The highest BCUT2D eigenvalue weighted by molar-refractivity contribution is 5.72. The maximum Gasteiger partial charge on any atom is 0.407 e. The van der Waals surface area contributed by atoms with E-state index >= 15 is 0 Å². The van der Waals surface area contributed by atoms with Gasteiger partial charge in [-0.05, 0) is 34.1 Å². The van der Waals surface area contributed by atoms with Crippen LogP contribution in [0, 0.1) is 0 Å². The molecule has 0 heterocycles. The van der Waals surface area contributed by atoms with Crippen LogP contribution in [0.15, 0.2) is 0 Å². The minimum Gasteiger partial charge on any atom is -0.481 e. The largest absolute Gasteiger partial charge is 0.481 e. The lowest BCUT2D eigenvalue weighted by molar-refractivity contribution is -0.140. The molecule has 0 aliphatic rings. The van der Waals surface area contributed by atoms with Crippen molar-refractivity contribution in [2.24, 2.45) is 0 Å². The van der Waals surface area contributed by atoms with Crippen LogP contribution in [-0.2, 0) is 14.3 Å². The Morgan fingerprint density at radius 3 is 2.11 bits per heavy atom. The zero-order valence-electron chi connectivity index (χ0n) is 12.6. The summed E-state index contributed by atoms with van der Waals surface area (Å²) in [5, 5.41) is 11.5. The molecule has 2 N–H and O–H groups in total. The second-order valence-corrected chi connectivity index (χ2v) is 5.67. The number of hydrogen-bond acceptors (Lipinski definition) is 4. The van der Waals surface area contributed by atoms with E-state index in [9.17, 15) is 9.59 Å². The van der Waals surface area contributed by atoms with Gasteiger partial charge < -0.3 is 19.9 Å². The number of hydrogen-bond donors (Lipinski definition) is 2. The summed E-state index contributed by atoms with van der Waals surface area (Å²) in [5.74, 6) is -1.00. The molecule has 6 nitrogen and oxygen atoms in total. The number of carboxylic acids is 1. The SMILES string of the molecule is CCC(C)(OC)C(CC(=O)O)NC(=O)OC(C)(C)C. The van der Waals surface area contributed by atoms with Crippen LogP contribution < -0.4 is 5.32 Å². The number of rotatable bonds is 6. The second-order valence-electron chi connectivity index (χ2n) is 5.67. The Bertz CT molecular complexity index is 317. The molecule has 0 rings (SSSR count). The average Bonchev–Trinajstić information content (AvgIpc) is 2.24. The fourth-order valence-corrected chi connectivity index (χ4v) is 1.58. The van der Waals surface area contributed by atoms with E-state index in [0.717, 1.165) is 0 Å². The first-order valence-corrected chi connectivity index (χ1v) is 6.30. The number of carboxylic acid groups (broad SMARTS) is 1. The second kappa shape index (κ2) is 6.75. The fourth-order valence-electron chi connectivity index (χ4n) is 1.58. The highest BCUT2D eigenvalue weighted by Gasteiger charge is 2.36. The molecule has 1 amide bonds. The molecule has 0 aliphatic heterocycles. The number of carbonyl (C=O) groups excluding carboxylic acids is 1. The molecule has 0 radical (unpaired) electrons. The first-order chi connectivity index (χ1) is 8.54. The molecule has 6 heteroatoms. The summed E-state index contributed by atoms with van der Waals surface area (Å²) in [5.41, 5.74) is -1.39. The van der Waals surface area contributed by atoms with Crippen LogP contribution >= 0.6 is 0 Å². The predicted molar refractivity (Wildman–Crippen MR) is 71.1 cm³/mol. The van der Waals surface area contributed by atoms with Crippen LogP contribution in [0.3, 0.4) is 0 Å². The van der Waals surface area contributed by atoms with E-state index < -0.39 is 29.3 Å². The third-order valence-electron chi connectivity index (χ3n) is 2.98. The number of aliphatic carboxylic acids is 1.